The Morgan fingerprint density at radius 1 is 0.905 bits per heavy atom. The van der Waals surface area contributed by atoms with Crippen molar-refractivity contribution in [2.24, 2.45) is 23.7 Å². The molecule has 14 heteroatoms. The SMILES string of the molecule is CC[C@H]1CCC[C@H](O[C@H]2CC[C@H](N(C)C)[C@@H](C)O2)[C@@H](C)C(=O)C2=C[C@@H]3C(c4nc(Nc5cccc(C)c5)sc4C4C[C@@H](O[C@@H]5O[C@@H](C)[C@H](OC)[C@@H](OC)[C@H]5OC)C[C@H]43)[C@@H]2CC(=O)O1. The third-order valence-electron chi connectivity index (χ3n) is 15.2. The number of carbonyl (C=O) groups is 2. The van der Waals surface area contributed by atoms with Crippen LogP contribution in [-0.2, 0) is 47.5 Å². The Hall–Kier alpha value is -2.79. The van der Waals surface area contributed by atoms with Gasteiger partial charge in [0, 0.05) is 61.6 Å². The highest BCUT2D eigenvalue weighted by molar-refractivity contribution is 7.15. The molecule has 1 N–H and O–H groups in total. The van der Waals surface area contributed by atoms with Gasteiger partial charge in [0.25, 0.3) is 0 Å². The van der Waals surface area contributed by atoms with Crippen LogP contribution in [0.5, 0.6) is 0 Å². The number of aryl methyl sites for hydroxylation is 1. The van der Waals surface area contributed by atoms with Crippen molar-refractivity contribution in [3.63, 3.8) is 0 Å². The van der Waals surface area contributed by atoms with Crippen LogP contribution in [0.4, 0.5) is 10.8 Å². The zero-order valence-electron chi connectivity index (χ0n) is 39.0. The van der Waals surface area contributed by atoms with E-state index in [2.05, 4.69) is 69.4 Å². The van der Waals surface area contributed by atoms with Gasteiger partial charge in [0.15, 0.2) is 23.5 Å². The number of aromatic nitrogens is 1. The predicted octanol–water partition coefficient (Wildman–Crippen LogP) is 8.07. The van der Waals surface area contributed by atoms with E-state index in [1.54, 1.807) is 32.7 Å². The molecule has 0 amide bonds. The maximum absolute atomic E-state index is 15.2. The number of hydrogen-bond acceptors (Lipinski definition) is 14. The van der Waals surface area contributed by atoms with Crippen LogP contribution >= 0.6 is 11.3 Å². The van der Waals surface area contributed by atoms with Crippen molar-refractivity contribution in [2.45, 2.75) is 172 Å². The number of thiazole rings is 1. The number of fused-ring (bicyclic) bond motifs is 8. The van der Waals surface area contributed by atoms with Crippen LogP contribution in [0.1, 0.15) is 113 Å². The van der Waals surface area contributed by atoms with Gasteiger partial charge in [0.05, 0.1) is 36.5 Å². The summed E-state index contributed by atoms with van der Waals surface area (Å²) in [5.41, 5.74) is 3.79. The third kappa shape index (κ3) is 9.58. The largest absolute Gasteiger partial charge is 0.462 e. The normalized spacial score (nSPS) is 39.6. The van der Waals surface area contributed by atoms with E-state index in [1.165, 1.54) is 4.88 Å². The molecule has 0 spiro atoms. The summed E-state index contributed by atoms with van der Waals surface area (Å²) in [6, 6.07) is 8.60. The molecule has 1 aromatic carbocycles. The van der Waals surface area contributed by atoms with Crippen LogP contribution in [0.15, 0.2) is 35.9 Å². The van der Waals surface area contributed by atoms with Gasteiger partial charge >= 0.3 is 5.97 Å². The number of methoxy groups -OCH3 is 3. The fourth-order valence-corrected chi connectivity index (χ4v) is 13.2. The van der Waals surface area contributed by atoms with Gasteiger partial charge in [-0.15, -0.1) is 11.3 Å². The summed E-state index contributed by atoms with van der Waals surface area (Å²) in [5.74, 6) is -1.02. The van der Waals surface area contributed by atoms with E-state index in [1.807, 2.05) is 19.9 Å². The topological polar surface area (TPSA) is 136 Å². The van der Waals surface area contributed by atoms with E-state index in [9.17, 15) is 4.79 Å². The second kappa shape index (κ2) is 20.0. The van der Waals surface area contributed by atoms with E-state index in [0.29, 0.717) is 24.5 Å². The first-order chi connectivity index (χ1) is 30.3. The van der Waals surface area contributed by atoms with Crippen LogP contribution in [-0.4, -0.2) is 125 Å². The van der Waals surface area contributed by atoms with Gasteiger partial charge in [0.1, 0.15) is 24.4 Å². The average Bonchev–Trinajstić information content (AvgIpc) is 3.97. The number of anilines is 2. The molecule has 17 atom stereocenters. The Balaban J connectivity index is 1.13. The smallest absolute Gasteiger partial charge is 0.306 e. The number of Topliss-reactive ketones (excluding diaryl/α,β-unsaturated/α-hetero) is 1. The molecule has 3 aliphatic carbocycles. The summed E-state index contributed by atoms with van der Waals surface area (Å²) in [4.78, 5) is 38.1. The lowest BCUT2D eigenvalue weighted by Crippen LogP contribution is -2.59. The minimum absolute atomic E-state index is 0.00633. The summed E-state index contributed by atoms with van der Waals surface area (Å²) in [6.07, 6.45) is 5.23. The average molecular weight is 894 g/mol. The zero-order chi connectivity index (χ0) is 44.7. The maximum Gasteiger partial charge on any atom is 0.306 e. The fourth-order valence-electron chi connectivity index (χ4n) is 12.0. The number of ether oxygens (including phenoxy) is 8. The lowest BCUT2D eigenvalue weighted by molar-refractivity contribution is -0.314. The molecule has 63 heavy (non-hydrogen) atoms. The van der Waals surface area contributed by atoms with Gasteiger partial charge in [-0.05, 0) is 121 Å². The molecule has 4 heterocycles. The predicted molar refractivity (Wildman–Crippen MR) is 240 cm³/mol. The second-order valence-corrected chi connectivity index (χ2v) is 20.3. The molecular weight excluding hydrogens is 823 g/mol. The molecule has 2 unspecified atom stereocenters. The van der Waals surface area contributed by atoms with Crippen molar-refractivity contribution >= 4 is 33.9 Å². The second-order valence-electron chi connectivity index (χ2n) is 19.3. The van der Waals surface area contributed by atoms with E-state index >= 15 is 4.79 Å². The molecule has 6 aliphatic rings. The van der Waals surface area contributed by atoms with Crippen molar-refractivity contribution in [3.8, 4) is 0 Å². The number of rotatable bonds is 11. The number of nitrogens with one attached hydrogen (secondary N) is 1. The van der Waals surface area contributed by atoms with Gasteiger partial charge in [-0.25, -0.2) is 4.98 Å². The fraction of sp³-hybridized carbons (Fsp3) is 0.735. The molecular formula is C49H71N3O10S. The monoisotopic (exact) mass is 893 g/mol. The molecule has 3 saturated heterocycles. The van der Waals surface area contributed by atoms with Gasteiger partial charge in [0.2, 0.25) is 0 Å². The number of ketones is 1. The van der Waals surface area contributed by atoms with E-state index in [4.69, 9.17) is 42.9 Å². The number of likely N-dealkylation sites (N-methyl/N-ethyl adjacent to an activating group) is 1. The summed E-state index contributed by atoms with van der Waals surface area (Å²) in [7, 11) is 9.16. The first-order valence-electron chi connectivity index (χ1n) is 23.5. The zero-order valence-corrected chi connectivity index (χ0v) is 39.8. The number of esters is 1. The van der Waals surface area contributed by atoms with E-state index in [-0.39, 0.29) is 90.9 Å². The van der Waals surface area contributed by atoms with Crippen LogP contribution in [0.3, 0.4) is 0 Å². The van der Waals surface area contributed by atoms with Crippen LogP contribution in [0.25, 0.3) is 0 Å². The molecule has 8 rings (SSSR count). The van der Waals surface area contributed by atoms with Gasteiger partial charge < -0.3 is 48.1 Å². The molecule has 0 radical (unpaired) electrons. The molecule has 13 nitrogen and oxygen atoms in total. The summed E-state index contributed by atoms with van der Waals surface area (Å²) in [5, 5.41) is 4.41. The molecule has 0 bridgehead atoms. The minimum Gasteiger partial charge on any atom is -0.462 e. The molecule has 2 aromatic rings. The lowest BCUT2D eigenvalue weighted by atomic mass is 9.67. The Bertz CT molecular complexity index is 1940. The highest BCUT2D eigenvalue weighted by Crippen LogP contribution is 2.63. The number of allylic oxidation sites excluding steroid dienone is 2. The van der Waals surface area contributed by atoms with E-state index in [0.717, 1.165) is 60.6 Å². The minimum atomic E-state index is -0.663. The van der Waals surface area contributed by atoms with Gasteiger partial charge in [-0.3, -0.25) is 9.59 Å². The van der Waals surface area contributed by atoms with Crippen molar-refractivity contribution in [1.29, 1.82) is 0 Å². The Morgan fingerprint density at radius 2 is 1.68 bits per heavy atom. The van der Waals surface area contributed by atoms with Crippen LogP contribution in [0.2, 0.25) is 0 Å². The quantitative estimate of drug-likeness (QED) is 0.218. The first kappa shape index (κ1) is 46.7. The maximum atomic E-state index is 15.2. The Morgan fingerprint density at radius 3 is 2.38 bits per heavy atom. The number of carbonyl (C=O) groups excluding carboxylic acids is 2. The third-order valence-corrected chi connectivity index (χ3v) is 16.3. The Kier molecular flexibility index (Phi) is 14.8. The number of benzene rings is 1. The number of nitrogens with zero attached hydrogens (tertiary/aromatic N) is 2. The lowest BCUT2D eigenvalue weighted by Gasteiger charge is -2.44. The van der Waals surface area contributed by atoms with Crippen molar-refractivity contribution < 1.29 is 47.5 Å². The highest BCUT2D eigenvalue weighted by atomic mass is 32.1. The highest BCUT2D eigenvalue weighted by Gasteiger charge is 2.57. The molecule has 4 fully saturated rings. The van der Waals surface area contributed by atoms with Gasteiger partial charge in [-0.2, -0.15) is 0 Å². The van der Waals surface area contributed by atoms with Crippen molar-refractivity contribution in [3.05, 3.63) is 52.0 Å². The molecule has 1 aromatic heterocycles. The van der Waals surface area contributed by atoms with Gasteiger partial charge in [-0.1, -0.05) is 32.1 Å². The molecule has 3 aliphatic heterocycles. The number of hydrogen-bond donors (Lipinski definition) is 1. The van der Waals surface area contributed by atoms with Crippen molar-refractivity contribution in [1.82, 2.24) is 9.88 Å². The van der Waals surface area contributed by atoms with E-state index < -0.39 is 24.2 Å². The van der Waals surface area contributed by atoms with Crippen molar-refractivity contribution in [2.75, 3.05) is 40.7 Å². The molecule has 348 valence electrons. The van der Waals surface area contributed by atoms with Crippen LogP contribution in [0, 0.1) is 30.6 Å². The first-order valence-corrected chi connectivity index (χ1v) is 24.3. The summed E-state index contributed by atoms with van der Waals surface area (Å²) >= 11 is 1.68. The standard InChI is InChI=1S/C49H71N3O10S/c1-11-30-16-13-17-38(62-40-19-18-37(52(6)7)27(4)58-40)26(3)43(54)35-23-33-32-21-31(61-48-46(57-10)45(56-9)44(55-8)28(5)59-48)22-36(32)47-42(41(33)34(35)24-39(53)60-30)51-49(63-47)50-29-15-12-14-25(2)20-29/h12,14-15,20,23,26-28,30-34,36-38,40-41,44-46,48H,11,13,16-19,21-22,24H2,1-10H3,(H,50,51)/t26-,27-,28+,30+,31+,32+,33+,34-,36?,37+,38+,40+,41?,44+,45-,46-,48+/m1/s1. The molecule has 1 saturated carbocycles. The van der Waals surface area contributed by atoms with Crippen LogP contribution < -0.4 is 5.32 Å². The number of cyclic esters (lactones) is 1. The summed E-state index contributed by atoms with van der Waals surface area (Å²) < 4.78 is 50.6. The summed E-state index contributed by atoms with van der Waals surface area (Å²) in [6.45, 7) is 10.3. The Labute approximate surface area is 378 Å².